The van der Waals surface area contributed by atoms with Crippen molar-refractivity contribution < 1.29 is 19.1 Å². The van der Waals surface area contributed by atoms with E-state index in [1.807, 2.05) is 29.2 Å². The van der Waals surface area contributed by atoms with E-state index in [9.17, 15) is 9.59 Å². The minimum atomic E-state index is -0.381. The van der Waals surface area contributed by atoms with E-state index < -0.39 is 0 Å². The molecule has 1 spiro atoms. The lowest BCUT2D eigenvalue weighted by Gasteiger charge is -2.42. The van der Waals surface area contributed by atoms with Crippen LogP contribution < -0.4 is 9.47 Å². The summed E-state index contributed by atoms with van der Waals surface area (Å²) in [6.07, 6.45) is 5.78. The van der Waals surface area contributed by atoms with Gasteiger partial charge in [-0.3, -0.25) is 9.59 Å². The van der Waals surface area contributed by atoms with Crippen molar-refractivity contribution in [2.75, 3.05) is 13.1 Å². The van der Waals surface area contributed by atoms with Crippen LogP contribution in [0.15, 0.2) is 78.9 Å². The second-order valence-corrected chi connectivity index (χ2v) is 8.53. The maximum Gasteiger partial charge on any atom is 0.308 e. The molecule has 5 nitrogen and oxygen atoms in total. The van der Waals surface area contributed by atoms with Crippen molar-refractivity contribution in [1.82, 2.24) is 4.90 Å². The van der Waals surface area contributed by atoms with Crippen LogP contribution in [0.25, 0.3) is 17.2 Å². The highest BCUT2D eigenvalue weighted by Crippen LogP contribution is 2.39. The van der Waals surface area contributed by atoms with E-state index in [4.69, 9.17) is 9.47 Å². The lowest BCUT2D eigenvalue weighted by molar-refractivity contribution is -0.131. The van der Waals surface area contributed by atoms with Crippen molar-refractivity contribution in [3.63, 3.8) is 0 Å². The number of benzene rings is 3. The number of rotatable bonds is 3. The summed E-state index contributed by atoms with van der Waals surface area (Å²) in [5, 5.41) is 0. The number of amides is 1. The minimum absolute atomic E-state index is 0.0214. The molecule has 2 aliphatic heterocycles. The third-order valence-corrected chi connectivity index (χ3v) is 6.26. The molecule has 0 aliphatic carbocycles. The minimum Gasteiger partial charge on any atom is -0.482 e. The van der Waals surface area contributed by atoms with E-state index in [1.54, 1.807) is 24.3 Å². The van der Waals surface area contributed by atoms with Crippen LogP contribution in [-0.4, -0.2) is 35.5 Å². The molecule has 3 aromatic rings. The predicted octanol–water partition coefficient (Wildman–Crippen LogP) is 5.36. The van der Waals surface area contributed by atoms with Crippen molar-refractivity contribution in [2.45, 2.75) is 25.4 Å². The number of carbonyl (C=O) groups is 2. The Morgan fingerprint density at radius 3 is 2.33 bits per heavy atom. The summed E-state index contributed by atoms with van der Waals surface area (Å²) in [5.74, 6) is 0.921. The monoisotopic (exact) mass is 439 g/mol. The molecule has 5 rings (SSSR count). The maximum atomic E-state index is 12.9. The summed E-state index contributed by atoms with van der Waals surface area (Å²) in [7, 11) is 0. The average molecular weight is 440 g/mol. The van der Waals surface area contributed by atoms with Crippen molar-refractivity contribution in [3.8, 4) is 22.6 Å². The molecule has 1 saturated heterocycles. The van der Waals surface area contributed by atoms with Crippen molar-refractivity contribution in [1.29, 1.82) is 0 Å². The Morgan fingerprint density at radius 2 is 1.64 bits per heavy atom. The molecule has 2 aliphatic rings. The van der Waals surface area contributed by atoms with E-state index in [2.05, 4.69) is 36.4 Å². The van der Waals surface area contributed by atoms with Gasteiger partial charge in [0.2, 0.25) is 0 Å². The molecule has 2 heterocycles. The maximum absolute atomic E-state index is 12.9. The Bertz CT molecular complexity index is 1210. The van der Waals surface area contributed by atoms with Gasteiger partial charge in [0, 0.05) is 44.0 Å². The Morgan fingerprint density at radius 1 is 0.909 bits per heavy atom. The zero-order valence-electron chi connectivity index (χ0n) is 18.5. The molecule has 1 fully saturated rings. The number of esters is 1. The number of piperidine rings is 1. The van der Waals surface area contributed by atoms with E-state index in [0.29, 0.717) is 24.4 Å². The molecule has 5 heteroatoms. The zero-order valence-corrected chi connectivity index (χ0v) is 18.5. The number of fused-ring (bicyclic) bond motifs is 1. The second-order valence-electron chi connectivity index (χ2n) is 8.53. The van der Waals surface area contributed by atoms with Crippen LogP contribution in [0.1, 0.15) is 35.7 Å². The highest BCUT2D eigenvalue weighted by molar-refractivity contribution is 5.94. The molecule has 0 saturated carbocycles. The Labute approximate surface area is 193 Å². The first-order valence-corrected chi connectivity index (χ1v) is 11.2. The molecule has 33 heavy (non-hydrogen) atoms. The van der Waals surface area contributed by atoms with E-state index >= 15 is 0 Å². The van der Waals surface area contributed by atoms with Gasteiger partial charge in [-0.05, 0) is 53.6 Å². The SMILES string of the molecule is CC(=O)Oc1ccc(C(=O)N2CCC3(C=Cc4cc(-c5ccccc5)ccc4O3)CC2)cc1. The molecule has 0 atom stereocenters. The van der Waals surface area contributed by atoms with Crippen LogP contribution in [0.3, 0.4) is 0 Å². The lowest BCUT2D eigenvalue weighted by Crippen LogP contribution is -2.49. The first-order valence-electron chi connectivity index (χ1n) is 11.2. The number of ether oxygens (including phenoxy) is 2. The summed E-state index contributed by atoms with van der Waals surface area (Å²) >= 11 is 0. The van der Waals surface area contributed by atoms with Crippen LogP contribution in [0.4, 0.5) is 0 Å². The molecular weight excluding hydrogens is 414 g/mol. The van der Waals surface area contributed by atoms with Gasteiger partial charge in [-0.2, -0.15) is 0 Å². The highest BCUT2D eigenvalue weighted by atomic mass is 16.5. The number of hydrogen-bond acceptors (Lipinski definition) is 4. The van der Waals surface area contributed by atoms with Crippen molar-refractivity contribution >= 4 is 18.0 Å². The summed E-state index contributed by atoms with van der Waals surface area (Å²) in [6.45, 7) is 2.59. The van der Waals surface area contributed by atoms with Gasteiger partial charge in [0.05, 0.1) is 0 Å². The molecule has 0 unspecified atom stereocenters. The molecule has 0 bridgehead atoms. The van der Waals surface area contributed by atoms with E-state index in [-0.39, 0.29) is 17.5 Å². The Kier molecular flexibility index (Phi) is 5.47. The second kappa shape index (κ2) is 8.58. The summed E-state index contributed by atoms with van der Waals surface area (Å²) in [6, 6.07) is 23.3. The fraction of sp³-hybridized carbons (Fsp3) is 0.214. The van der Waals surface area contributed by atoms with Crippen molar-refractivity contribution in [2.24, 2.45) is 0 Å². The molecule has 3 aromatic carbocycles. The van der Waals surface area contributed by atoms with E-state index in [0.717, 1.165) is 24.2 Å². The lowest BCUT2D eigenvalue weighted by atomic mass is 9.87. The van der Waals surface area contributed by atoms with Gasteiger partial charge in [-0.25, -0.2) is 0 Å². The van der Waals surface area contributed by atoms with Crippen LogP contribution in [0, 0.1) is 0 Å². The van der Waals surface area contributed by atoms with E-state index in [1.165, 1.54) is 18.1 Å². The molecule has 0 N–H and O–H groups in total. The van der Waals surface area contributed by atoms with Gasteiger partial charge >= 0.3 is 5.97 Å². The third-order valence-electron chi connectivity index (χ3n) is 6.26. The van der Waals surface area contributed by atoms with Crippen LogP contribution >= 0.6 is 0 Å². The van der Waals surface area contributed by atoms with Gasteiger partial charge in [-0.15, -0.1) is 0 Å². The third kappa shape index (κ3) is 4.40. The normalized spacial score (nSPS) is 16.1. The summed E-state index contributed by atoms with van der Waals surface area (Å²) in [4.78, 5) is 25.9. The molecule has 0 radical (unpaired) electrons. The smallest absolute Gasteiger partial charge is 0.308 e. The zero-order chi connectivity index (χ0) is 22.8. The molecular formula is C28H25NO4. The van der Waals surface area contributed by atoms with Gasteiger partial charge in [-0.1, -0.05) is 42.5 Å². The molecule has 0 aromatic heterocycles. The predicted molar refractivity (Wildman–Crippen MR) is 127 cm³/mol. The largest absolute Gasteiger partial charge is 0.482 e. The molecule has 1 amide bonds. The first kappa shape index (κ1) is 21.0. The fourth-order valence-corrected chi connectivity index (χ4v) is 4.45. The summed E-state index contributed by atoms with van der Waals surface area (Å²) < 4.78 is 11.5. The topological polar surface area (TPSA) is 55.8 Å². The number of likely N-dealkylation sites (tertiary alicyclic amines) is 1. The molecule has 166 valence electrons. The average Bonchev–Trinajstić information content (AvgIpc) is 2.84. The standard InChI is InChI=1S/C28H25NO4/c1-20(30)32-25-10-7-22(8-11-25)27(31)29-17-15-28(16-18-29)14-13-24-19-23(9-12-26(24)33-28)21-5-3-2-4-6-21/h2-14,19H,15-18H2,1H3. The van der Waals surface area contributed by atoms with Gasteiger partial charge in [0.25, 0.3) is 5.91 Å². The number of carbonyl (C=O) groups excluding carboxylic acids is 2. The number of nitrogens with zero attached hydrogens (tertiary/aromatic N) is 1. The van der Waals surface area contributed by atoms with Crippen LogP contribution in [-0.2, 0) is 4.79 Å². The Balaban J connectivity index is 1.25. The summed E-state index contributed by atoms with van der Waals surface area (Å²) in [5.41, 5.74) is 3.63. The van der Waals surface area contributed by atoms with Crippen LogP contribution in [0.2, 0.25) is 0 Å². The quantitative estimate of drug-likeness (QED) is 0.407. The Hall–Kier alpha value is -3.86. The number of hydrogen-bond donors (Lipinski definition) is 0. The van der Waals surface area contributed by atoms with Gasteiger partial charge < -0.3 is 14.4 Å². The fourth-order valence-electron chi connectivity index (χ4n) is 4.45. The van der Waals surface area contributed by atoms with Crippen molar-refractivity contribution in [3.05, 3.63) is 90.0 Å². The van der Waals surface area contributed by atoms with Crippen LogP contribution in [0.5, 0.6) is 11.5 Å². The van der Waals surface area contributed by atoms with Gasteiger partial charge in [0.15, 0.2) is 0 Å². The highest BCUT2D eigenvalue weighted by Gasteiger charge is 2.38. The van der Waals surface area contributed by atoms with Gasteiger partial charge in [0.1, 0.15) is 17.1 Å². The first-order chi connectivity index (χ1) is 16.0.